The van der Waals surface area contributed by atoms with Gasteiger partial charge in [-0.2, -0.15) is 4.68 Å². The van der Waals surface area contributed by atoms with Gasteiger partial charge in [0.1, 0.15) is 0 Å². The van der Waals surface area contributed by atoms with E-state index in [1.807, 2.05) is 31.2 Å². The number of benzene rings is 2. The number of carbonyl (C=O) groups excluding carboxylic acids is 1. The second kappa shape index (κ2) is 9.02. The smallest absolute Gasteiger partial charge is 0.269 e. The fourth-order valence-electron chi connectivity index (χ4n) is 2.62. The standard InChI is InChI=1S/C19H15N7O3S2/c1-12-2-6-14(7-3-12)25-19(22-23-24-25)31-11-17(27)21-18-20-16(10-30-18)13-4-8-15(9-5-13)26(28)29/h2-10H,11H2,1H3,(H,20,21,27). The summed E-state index contributed by atoms with van der Waals surface area (Å²) in [6, 6.07) is 13.8. The molecular weight excluding hydrogens is 438 g/mol. The number of aromatic nitrogens is 5. The number of thioether (sulfide) groups is 1. The van der Waals surface area contributed by atoms with Crippen LogP contribution >= 0.6 is 23.1 Å². The van der Waals surface area contributed by atoms with Crippen molar-refractivity contribution in [3.8, 4) is 16.9 Å². The third kappa shape index (κ3) is 4.92. The third-order valence-corrected chi connectivity index (χ3v) is 5.85. The van der Waals surface area contributed by atoms with Gasteiger partial charge >= 0.3 is 0 Å². The summed E-state index contributed by atoms with van der Waals surface area (Å²) in [4.78, 5) is 27.0. The highest BCUT2D eigenvalue weighted by Gasteiger charge is 2.14. The summed E-state index contributed by atoms with van der Waals surface area (Å²) >= 11 is 2.49. The van der Waals surface area contributed by atoms with E-state index in [9.17, 15) is 14.9 Å². The van der Waals surface area contributed by atoms with E-state index in [1.54, 1.807) is 22.2 Å². The molecule has 10 nitrogen and oxygen atoms in total. The largest absolute Gasteiger partial charge is 0.301 e. The second-order valence-electron chi connectivity index (χ2n) is 6.39. The summed E-state index contributed by atoms with van der Waals surface area (Å²) in [5, 5.41) is 27.9. The average Bonchev–Trinajstić information content (AvgIpc) is 3.42. The SMILES string of the molecule is Cc1ccc(-n2nnnc2SCC(=O)Nc2nc(-c3ccc([N+](=O)[O-])cc3)cs2)cc1. The molecule has 0 saturated heterocycles. The van der Waals surface area contributed by atoms with Gasteiger partial charge < -0.3 is 5.32 Å². The van der Waals surface area contributed by atoms with E-state index in [-0.39, 0.29) is 17.3 Å². The van der Waals surface area contributed by atoms with Gasteiger partial charge in [-0.05, 0) is 41.6 Å². The Labute approximate surface area is 184 Å². The van der Waals surface area contributed by atoms with Crippen molar-refractivity contribution >= 4 is 39.8 Å². The lowest BCUT2D eigenvalue weighted by atomic mass is 10.1. The first-order chi connectivity index (χ1) is 15.0. The van der Waals surface area contributed by atoms with Crippen LogP contribution in [0.1, 0.15) is 5.56 Å². The zero-order valence-corrected chi connectivity index (χ0v) is 17.8. The maximum Gasteiger partial charge on any atom is 0.269 e. The molecule has 2 aromatic carbocycles. The molecule has 0 aliphatic rings. The summed E-state index contributed by atoms with van der Waals surface area (Å²) in [5.41, 5.74) is 3.31. The monoisotopic (exact) mass is 453 g/mol. The molecular formula is C19H15N7O3S2. The number of hydrogen-bond acceptors (Lipinski definition) is 9. The van der Waals surface area contributed by atoms with Crippen molar-refractivity contribution in [1.82, 2.24) is 25.2 Å². The van der Waals surface area contributed by atoms with E-state index < -0.39 is 4.92 Å². The molecule has 0 fully saturated rings. The maximum absolute atomic E-state index is 12.3. The van der Waals surface area contributed by atoms with Crippen LogP contribution in [0.3, 0.4) is 0 Å². The number of nitrogens with zero attached hydrogens (tertiary/aromatic N) is 6. The molecule has 0 bridgehead atoms. The fourth-order valence-corrected chi connectivity index (χ4v) is 4.05. The summed E-state index contributed by atoms with van der Waals surface area (Å²) in [6.07, 6.45) is 0. The van der Waals surface area contributed by atoms with E-state index in [0.717, 1.165) is 16.8 Å². The summed E-state index contributed by atoms with van der Waals surface area (Å²) < 4.78 is 1.58. The number of carbonyl (C=O) groups is 1. The first kappa shape index (κ1) is 20.6. The molecule has 0 unspecified atom stereocenters. The topological polar surface area (TPSA) is 129 Å². The molecule has 1 amide bonds. The number of aryl methyl sites for hydroxylation is 1. The number of thiazole rings is 1. The molecule has 1 N–H and O–H groups in total. The molecule has 4 rings (SSSR count). The van der Waals surface area contributed by atoms with Crippen molar-refractivity contribution in [2.45, 2.75) is 12.1 Å². The normalized spacial score (nSPS) is 10.7. The Bertz CT molecular complexity index is 1220. The van der Waals surface area contributed by atoms with Gasteiger partial charge in [0, 0.05) is 23.1 Å². The lowest BCUT2D eigenvalue weighted by molar-refractivity contribution is -0.384. The summed E-state index contributed by atoms with van der Waals surface area (Å²) in [6.45, 7) is 2.00. The third-order valence-electron chi connectivity index (χ3n) is 4.18. The number of nitro groups is 1. The Hall–Kier alpha value is -3.64. The highest BCUT2D eigenvalue weighted by Crippen LogP contribution is 2.27. The van der Waals surface area contributed by atoms with Crippen molar-refractivity contribution in [2.75, 3.05) is 11.1 Å². The molecule has 0 atom stereocenters. The number of nitro benzene ring substituents is 1. The second-order valence-corrected chi connectivity index (χ2v) is 8.19. The van der Waals surface area contributed by atoms with Gasteiger partial charge in [0.2, 0.25) is 11.1 Å². The van der Waals surface area contributed by atoms with E-state index in [4.69, 9.17) is 0 Å². The van der Waals surface area contributed by atoms with Gasteiger partial charge in [-0.25, -0.2) is 4.98 Å². The molecule has 12 heteroatoms. The van der Waals surface area contributed by atoms with Crippen LogP contribution in [-0.2, 0) is 4.79 Å². The molecule has 0 aliphatic carbocycles. The molecule has 0 aliphatic heterocycles. The Morgan fingerprint density at radius 1 is 1.19 bits per heavy atom. The van der Waals surface area contributed by atoms with E-state index in [0.29, 0.717) is 16.0 Å². The number of amides is 1. The summed E-state index contributed by atoms with van der Waals surface area (Å²) in [5.74, 6) is -0.133. The van der Waals surface area contributed by atoms with Crippen LogP contribution in [0.25, 0.3) is 16.9 Å². The van der Waals surface area contributed by atoms with Crippen LogP contribution in [-0.4, -0.2) is 41.8 Å². The van der Waals surface area contributed by atoms with Crippen LogP contribution in [0.5, 0.6) is 0 Å². The number of nitrogens with one attached hydrogen (secondary N) is 1. The molecule has 0 radical (unpaired) electrons. The Morgan fingerprint density at radius 3 is 2.65 bits per heavy atom. The van der Waals surface area contributed by atoms with E-state index in [2.05, 4.69) is 25.8 Å². The minimum absolute atomic E-state index is 0.0116. The molecule has 4 aromatic rings. The zero-order chi connectivity index (χ0) is 21.8. The van der Waals surface area contributed by atoms with Gasteiger partial charge in [0.05, 0.1) is 22.1 Å². The van der Waals surface area contributed by atoms with Gasteiger partial charge in [-0.1, -0.05) is 29.5 Å². The molecule has 156 valence electrons. The van der Waals surface area contributed by atoms with Gasteiger partial charge in [0.25, 0.3) is 5.69 Å². The van der Waals surface area contributed by atoms with Crippen LogP contribution in [0.2, 0.25) is 0 Å². The quantitative estimate of drug-likeness (QED) is 0.255. The minimum atomic E-state index is -0.455. The molecule has 31 heavy (non-hydrogen) atoms. The predicted molar refractivity (Wildman–Crippen MR) is 117 cm³/mol. The Kier molecular flexibility index (Phi) is 6.00. The van der Waals surface area contributed by atoms with Crippen LogP contribution < -0.4 is 5.32 Å². The minimum Gasteiger partial charge on any atom is -0.301 e. The number of hydrogen-bond donors (Lipinski definition) is 1. The Balaban J connectivity index is 1.37. The number of anilines is 1. The van der Waals surface area contributed by atoms with Gasteiger partial charge in [0.15, 0.2) is 5.13 Å². The maximum atomic E-state index is 12.3. The van der Waals surface area contributed by atoms with Gasteiger partial charge in [-0.3, -0.25) is 14.9 Å². The van der Waals surface area contributed by atoms with Crippen molar-refractivity contribution in [3.05, 3.63) is 69.6 Å². The predicted octanol–water partition coefficient (Wildman–Crippen LogP) is 3.73. The highest BCUT2D eigenvalue weighted by molar-refractivity contribution is 7.99. The van der Waals surface area contributed by atoms with Crippen molar-refractivity contribution in [3.63, 3.8) is 0 Å². The number of tetrazole rings is 1. The Morgan fingerprint density at radius 2 is 1.94 bits per heavy atom. The van der Waals surface area contributed by atoms with E-state index in [1.165, 1.54) is 35.2 Å². The number of rotatable bonds is 7. The summed E-state index contributed by atoms with van der Waals surface area (Å²) in [7, 11) is 0. The first-order valence-electron chi connectivity index (χ1n) is 8.98. The number of non-ortho nitro benzene ring substituents is 1. The fraction of sp³-hybridized carbons (Fsp3) is 0.105. The highest BCUT2D eigenvalue weighted by atomic mass is 32.2. The van der Waals surface area contributed by atoms with Crippen LogP contribution in [0.4, 0.5) is 10.8 Å². The average molecular weight is 454 g/mol. The van der Waals surface area contributed by atoms with Crippen LogP contribution in [0.15, 0.2) is 59.1 Å². The van der Waals surface area contributed by atoms with Crippen molar-refractivity contribution in [2.24, 2.45) is 0 Å². The first-order valence-corrected chi connectivity index (χ1v) is 10.8. The molecule has 0 saturated carbocycles. The van der Waals surface area contributed by atoms with Gasteiger partial charge in [-0.15, -0.1) is 16.4 Å². The van der Waals surface area contributed by atoms with Crippen molar-refractivity contribution in [1.29, 1.82) is 0 Å². The lowest BCUT2D eigenvalue weighted by Crippen LogP contribution is -2.14. The molecule has 0 spiro atoms. The zero-order valence-electron chi connectivity index (χ0n) is 16.1. The molecule has 2 heterocycles. The van der Waals surface area contributed by atoms with Crippen LogP contribution in [0, 0.1) is 17.0 Å². The van der Waals surface area contributed by atoms with E-state index >= 15 is 0 Å². The van der Waals surface area contributed by atoms with Crippen molar-refractivity contribution < 1.29 is 9.72 Å². The molecule has 2 aromatic heterocycles. The lowest BCUT2D eigenvalue weighted by Gasteiger charge is -2.04.